The summed E-state index contributed by atoms with van der Waals surface area (Å²) in [5.41, 5.74) is 1.13. The maximum Gasteiger partial charge on any atom is 0.137 e. The Balaban J connectivity index is 1.67. The summed E-state index contributed by atoms with van der Waals surface area (Å²) in [5.74, 6) is 0.923. The molecule has 2 rings (SSSR count). The van der Waals surface area contributed by atoms with Crippen molar-refractivity contribution in [2.45, 2.75) is 19.4 Å². The number of nitrogens with one attached hydrogen (secondary N) is 2. The van der Waals surface area contributed by atoms with Gasteiger partial charge in [-0.25, -0.2) is 4.98 Å². The molecule has 0 aliphatic rings. The summed E-state index contributed by atoms with van der Waals surface area (Å²) in [4.78, 5) is 4.07. The molecule has 4 nitrogen and oxygen atoms in total. The first-order chi connectivity index (χ1) is 8.75. The molecule has 0 fully saturated rings. The maximum atomic E-state index is 5.94. The normalized spacial score (nSPS) is 10.8. The third-order valence-electron chi connectivity index (χ3n) is 2.55. The van der Waals surface area contributed by atoms with E-state index >= 15 is 0 Å². The zero-order valence-corrected chi connectivity index (χ0v) is 11.3. The predicted molar refractivity (Wildman–Crippen MR) is 72.9 cm³/mol. The second-order valence-corrected chi connectivity index (χ2v) is 4.78. The Morgan fingerprint density at radius 3 is 2.83 bits per heavy atom. The first-order valence-corrected chi connectivity index (χ1v) is 6.50. The van der Waals surface area contributed by atoms with Crippen LogP contribution in [0.15, 0.2) is 24.5 Å². The summed E-state index contributed by atoms with van der Waals surface area (Å²) in [6, 6.07) is 5.67. The van der Waals surface area contributed by atoms with E-state index in [4.69, 9.17) is 23.2 Å². The average molecular weight is 285 g/mol. The molecule has 0 amide bonds. The van der Waals surface area contributed by atoms with Crippen LogP contribution in [-0.4, -0.2) is 21.7 Å². The first kappa shape index (κ1) is 13.3. The van der Waals surface area contributed by atoms with Gasteiger partial charge in [0.25, 0.3) is 0 Å². The van der Waals surface area contributed by atoms with Crippen molar-refractivity contribution in [3.8, 4) is 0 Å². The van der Waals surface area contributed by atoms with E-state index in [1.54, 1.807) is 0 Å². The van der Waals surface area contributed by atoms with Crippen molar-refractivity contribution in [2.24, 2.45) is 0 Å². The van der Waals surface area contributed by atoms with Crippen molar-refractivity contribution < 1.29 is 0 Å². The van der Waals surface area contributed by atoms with Crippen molar-refractivity contribution in [1.82, 2.24) is 20.5 Å². The van der Waals surface area contributed by atoms with Crippen LogP contribution in [0.4, 0.5) is 0 Å². The van der Waals surface area contributed by atoms with Gasteiger partial charge < -0.3 is 5.32 Å². The molecular formula is C12H14Cl2N4. The number of nitrogens with zero attached hydrogens (tertiary/aromatic N) is 2. The van der Waals surface area contributed by atoms with E-state index in [2.05, 4.69) is 20.5 Å². The minimum Gasteiger partial charge on any atom is -0.313 e. The molecule has 0 saturated heterocycles. The van der Waals surface area contributed by atoms with E-state index in [-0.39, 0.29) is 0 Å². The number of benzene rings is 1. The molecule has 1 aromatic heterocycles. The smallest absolute Gasteiger partial charge is 0.137 e. The Bertz CT molecular complexity index is 485. The van der Waals surface area contributed by atoms with Crippen LogP contribution in [0, 0.1) is 0 Å². The zero-order chi connectivity index (χ0) is 12.8. The molecule has 1 aromatic carbocycles. The van der Waals surface area contributed by atoms with Crippen LogP contribution < -0.4 is 5.32 Å². The molecule has 0 saturated carbocycles. The molecule has 6 heteroatoms. The second-order valence-electron chi connectivity index (χ2n) is 3.96. The number of rotatable bonds is 6. The highest BCUT2D eigenvalue weighted by Gasteiger charge is 1.99. The highest BCUT2D eigenvalue weighted by molar-refractivity contribution is 6.42. The number of aromatic nitrogens is 3. The van der Waals surface area contributed by atoms with Crippen molar-refractivity contribution in [3.05, 3.63) is 46.0 Å². The van der Waals surface area contributed by atoms with Crippen molar-refractivity contribution in [1.29, 1.82) is 0 Å². The fourth-order valence-corrected chi connectivity index (χ4v) is 1.94. The molecule has 96 valence electrons. The number of aryl methyl sites for hydroxylation is 1. The van der Waals surface area contributed by atoms with E-state index in [9.17, 15) is 0 Å². The third-order valence-corrected chi connectivity index (χ3v) is 3.28. The molecule has 0 unspecified atom stereocenters. The van der Waals surface area contributed by atoms with Crippen LogP contribution >= 0.6 is 23.2 Å². The molecule has 0 aliphatic heterocycles. The summed E-state index contributed by atoms with van der Waals surface area (Å²) in [5, 5.41) is 11.2. The topological polar surface area (TPSA) is 53.6 Å². The van der Waals surface area contributed by atoms with Gasteiger partial charge in [0, 0.05) is 13.0 Å². The molecule has 2 aromatic rings. The fourth-order valence-electron chi connectivity index (χ4n) is 1.61. The number of hydrogen-bond acceptors (Lipinski definition) is 3. The van der Waals surface area contributed by atoms with E-state index in [1.807, 2.05) is 18.2 Å². The van der Waals surface area contributed by atoms with Crippen LogP contribution in [-0.2, 0) is 13.0 Å². The average Bonchev–Trinajstić information content (AvgIpc) is 2.86. The number of H-pyrrole nitrogens is 1. The van der Waals surface area contributed by atoms with Crippen LogP contribution in [0.1, 0.15) is 17.8 Å². The first-order valence-electron chi connectivity index (χ1n) is 5.74. The van der Waals surface area contributed by atoms with Gasteiger partial charge in [-0.2, -0.15) is 5.10 Å². The summed E-state index contributed by atoms with van der Waals surface area (Å²) in [6.07, 6.45) is 3.43. The third kappa shape index (κ3) is 3.98. The van der Waals surface area contributed by atoms with Gasteiger partial charge in [0.05, 0.1) is 10.0 Å². The lowest BCUT2D eigenvalue weighted by atomic mass is 10.2. The Labute approximate surface area is 116 Å². The summed E-state index contributed by atoms with van der Waals surface area (Å²) >= 11 is 11.8. The van der Waals surface area contributed by atoms with E-state index < -0.39 is 0 Å². The molecule has 0 atom stereocenters. The van der Waals surface area contributed by atoms with Gasteiger partial charge >= 0.3 is 0 Å². The fraction of sp³-hybridized carbons (Fsp3) is 0.333. The lowest BCUT2D eigenvalue weighted by molar-refractivity contribution is 0.639. The number of aromatic amines is 1. The van der Waals surface area contributed by atoms with Gasteiger partial charge in [-0.15, -0.1) is 0 Å². The number of halogens is 2. The lowest BCUT2D eigenvalue weighted by Gasteiger charge is -2.05. The van der Waals surface area contributed by atoms with Crippen LogP contribution in [0.3, 0.4) is 0 Å². The Kier molecular flexibility index (Phi) is 4.99. The van der Waals surface area contributed by atoms with Gasteiger partial charge in [0.1, 0.15) is 12.2 Å². The highest BCUT2D eigenvalue weighted by atomic mass is 35.5. The minimum absolute atomic E-state index is 0.589. The molecule has 0 bridgehead atoms. The summed E-state index contributed by atoms with van der Waals surface area (Å²) < 4.78 is 0. The monoisotopic (exact) mass is 284 g/mol. The number of hydrogen-bond donors (Lipinski definition) is 2. The van der Waals surface area contributed by atoms with E-state index in [0.29, 0.717) is 10.0 Å². The SMILES string of the molecule is Clc1ccc(CNCCCc2ncn[nH]2)cc1Cl. The van der Waals surface area contributed by atoms with Crippen LogP contribution in [0.25, 0.3) is 0 Å². The molecule has 0 spiro atoms. The molecular weight excluding hydrogens is 271 g/mol. The quantitative estimate of drug-likeness (QED) is 0.802. The lowest BCUT2D eigenvalue weighted by Crippen LogP contribution is -2.15. The van der Waals surface area contributed by atoms with Gasteiger partial charge in [0.15, 0.2) is 0 Å². The Morgan fingerprint density at radius 2 is 2.11 bits per heavy atom. The van der Waals surface area contributed by atoms with Gasteiger partial charge in [0.2, 0.25) is 0 Å². The Morgan fingerprint density at radius 1 is 1.22 bits per heavy atom. The van der Waals surface area contributed by atoms with Crippen LogP contribution in [0.2, 0.25) is 10.0 Å². The van der Waals surface area contributed by atoms with Crippen LogP contribution in [0.5, 0.6) is 0 Å². The summed E-state index contributed by atoms with van der Waals surface area (Å²) in [6.45, 7) is 1.70. The molecule has 18 heavy (non-hydrogen) atoms. The largest absolute Gasteiger partial charge is 0.313 e. The standard InChI is InChI=1S/C12H14Cl2N4/c13-10-4-3-9(6-11(10)14)7-15-5-1-2-12-16-8-17-18-12/h3-4,6,8,15H,1-2,5,7H2,(H,16,17,18). The summed E-state index contributed by atoms with van der Waals surface area (Å²) in [7, 11) is 0. The molecule has 0 aliphatic carbocycles. The zero-order valence-electron chi connectivity index (χ0n) is 9.79. The molecule has 1 heterocycles. The van der Waals surface area contributed by atoms with Gasteiger partial charge in [-0.1, -0.05) is 29.3 Å². The van der Waals surface area contributed by atoms with Crippen molar-refractivity contribution >= 4 is 23.2 Å². The highest BCUT2D eigenvalue weighted by Crippen LogP contribution is 2.22. The minimum atomic E-state index is 0.589. The molecule has 2 N–H and O–H groups in total. The van der Waals surface area contributed by atoms with E-state index in [0.717, 1.165) is 37.3 Å². The molecule has 0 radical (unpaired) electrons. The second kappa shape index (κ2) is 6.73. The van der Waals surface area contributed by atoms with Gasteiger partial charge in [-0.05, 0) is 30.7 Å². The van der Waals surface area contributed by atoms with Gasteiger partial charge in [-0.3, -0.25) is 5.10 Å². The predicted octanol–water partition coefficient (Wildman–Crippen LogP) is 2.83. The van der Waals surface area contributed by atoms with E-state index in [1.165, 1.54) is 6.33 Å². The van der Waals surface area contributed by atoms with Crippen molar-refractivity contribution in [2.75, 3.05) is 6.54 Å². The Hall–Kier alpha value is -1.10. The van der Waals surface area contributed by atoms with Crippen molar-refractivity contribution in [3.63, 3.8) is 0 Å². The maximum absolute atomic E-state index is 5.94.